The molecule has 1 aromatic carbocycles. The van der Waals surface area contributed by atoms with Crippen molar-refractivity contribution in [3.05, 3.63) is 18.2 Å². The highest BCUT2D eigenvalue weighted by Crippen LogP contribution is 2.30. The number of rotatable bonds is 9. The molecule has 0 radical (unpaired) electrons. The van der Waals surface area contributed by atoms with Crippen molar-refractivity contribution in [3.8, 4) is 11.5 Å². The monoisotopic (exact) mass is 561 g/mol. The number of nitrogens with zero attached hydrogens (tertiary/aromatic N) is 3. The lowest BCUT2D eigenvalue weighted by molar-refractivity contribution is 0.121. The summed E-state index contributed by atoms with van der Waals surface area (Å²) in [5.41, 5.74) is 1.13. The minimum Gasteiger partial charge on any atom is -0.497 e. The van der Waals surface area contributed by atoms with Gasteiger partial charge in [0.25, 0.3) is 0 Å². The van der Waals surface area contributed by atoms with E-state index in [4.69, 9.17) is 14.2 Å². The fraction of sp³-hybridized carbons (Fsp3) is 0.696. The van der Waals surface area contributed by atoms with Gasteiger partial charge in [0.2, 0.25) is 0 Å². The molecule has 32 heavy (non-hydrogen) atoms. The molecule has 1 aromatic rings. The fourth-order valence-electron chi connectivity index (χ4n) is 4.35. The van der Waals surface area contributed by atoms with Crippen LogP contribution in [-0.2, 0) is 4.74 Å². The first-order chi connectivity index (χ1) is 15.1. The van der Waals surface area contributed by atoms with E-state index in [0.717, 1.165) is 75.4 Å². The molecule has 0 aliphatic carbocycles. The zero-order valence-corrected chi connectivity index (χ0v) is 22.3. The number of nitrogens with one attached hydrogen (secondary N) is 2. The smallest absolute Gasteiger partial charge is 0.191 e. The molecule has 0 aromatic heterocycles. The second-order valence-electron chi connectivity index (χ2n) is 8.38. The van der Waals surface area contributed by atoms with Gasteiger partial charge in [-0.2, -0.15) is 0 Å². The average molecular weight is 562 g/mol. The Hall–Kier alpha value is -1.46. The summed E-state index contributed by atoms with van der Waals surface area (Å²) in [6, 6.07) is 6.40. The van der Waals surface area contributed by atoms with Gasteiger partial charge in [-0.1, -0.05) is 0 Å². The molecule has 2 N–H and O–H groups in total. The van der Waals surface area contributed by atoms with E-state index in [2.05, 4.69) is 37.6 Å². The quantitative estimate of drug-likeness (QED) is 0.273. The van der Waals surface area contributed by atoms with Crippen LogP contribution in [0.4, 0.5) is 5.69 Å². The molecular weight excluding hydrogens is 521 g/mol. The predicted molar refractivity (Wildman–Crippen MR) is 141 cm³/mol. The van der Waals surface area contributed by atoms with E-state index in [1.54, 1.807) is 21.3 Å². The summed E-state index contributed by atoms with van der Waals surface area (Å²) in [6.45, 7) is 7.06. The molecule has 0 saturated carbocycles. The summed E-state index contributed by atoms with van der Waals surface area (Å²) in [5.74, 6) is 3.23. The lowest BCUT2D eigenvalue weighted by atomic mass is 9.97. The van der Waals surface area contributed by atoms with E-state index in [-0.39, 0.29) is 24.0 Å². The van der Waals surface area contributed by atoms with E-state index < -0.39 is 0 Å². The highest BCUT2D eigenvalue weighted by Gasteiger charge is 2.25. The maximum atomic E-state index is 5.42. The molecule has 2 heterocycles. The second-order valence-corrected chi connectivity index (χ2v) is 8.38. The summed E-state index contributed by atoms with van der Waals surface area (Å²) in [7, 11) is 6.99. The molecule has 9 heteroatoms. The first-order valence-corrected chi connectivity index (χ1v) is 11.3. The molecule has 2 aliphatic heterocycles. The van der Waals surface area contributed by atoms with Gasteiger partial charge in [-0.3, -0.25) is 4.99 Å². The number of benzene rings is 1. The van der Waals surface area contributed by atoms with Crippen LogP contribution in [0, 0.1) is 5.92 Å². The van der Waals surface area contributed by atoms with Crippen LogP contribution in [0.2, 0.25) is 0 Å². The minimum absolute atomic E-state index is 0. The zero-order valence-electron chi connectivity index (χ0n) is 19.9. The minimum atomic E-state index is 0. The van der Waals surface area contributed by atoms with E-state index in [0.29, 0.717) is 12.0 Å². The van der Waals surface area contributed by atoms with Gasteiger partial charge >= 0.3 is 0 Å². The Labute approximate surface area is 210 Å². The third-order valence-corrected chi connectivity index (χ3v) is 6.33. The van der Waals surface area contributed by atoms with Crippen LogP contribution >= 0.6 is 24.0 Å². The largest absolute Gasteiger partial charge is 0.497 e. The SMILES string of the molecule is CN=C(NCC1CCN(CCOC)CC1)NC1CCN(c2cc(OC)cc(OC)c2)C1.I. The molecule has 2 fully saturated rings. The molecule has 2 aliphatic rings. The molecule has 1 unspecified atom stereocenters. The number of likely N-dealkylation sites (tertiary alicyclic amines) is 1. The average Bonchev–Trinajstić information content (AvgIpc) is 3.29. The first-order valence-electron chi connectivity index (χ1n) is 11.3. The third kappa shape index (κ3) is 7.84. The van der Waals surface area contributed by atoms with Crippen molar-refractivity contribution in [1.82, 2.24) is 15.5 Å². The number of halogens is 1. The van der Waals surface area contributed by atoms with Gasteiger partial charge in [-0.25, -0.2) is 0 Å². The highest BCUT2D eigenvalue weighted by molar-refractivity contribution is 14.0. The normalized spacial score (nSPS) is 20.1. The van der Waals surface area contributed by atoms with E-state index in [9.17, 15) is 0 Å². The van der Waals surface area contributed by atoms with Crippen molar-refractivity contribution < 1.29 is 14.2 Å². The van der Waals surface area contributed by atoms with E-state index >= 15 is 0 Å². The van der Waals surface area contributed by atoms with Gasteiger partial charge in [0, 0.05) is 70.3 Å². The van der Waals surface area contributed by atoms with Gasteiger partial charge in [0.05, 0.1) is 20.8 Å². The number of aliphatic imine (C=N–C) groups is 1. The fourth-order valence-corrected chi connectivity index (χ4v) is 4.35. The molecular formula is C23H40IN5O3. The Kier molecular flexibility index (Phi) is 11.7. The van der Waals surface area contributed by atoms with Gasteiger partial charge in [0.1, 0.15) is 11.5 Å². The lowest BCUT2D eigenvalue weighted by Crippen LogP contribution is -2.47. The van der Waals surface area contributed by atoms with Gasteiger partial charge in [0.15, 0.2) is 5.96 Å². The van der Waals surface area contributed by atoms with Crippen molar-refractivity contribution in [2.24, 2.45) is 10.9 Å². The Bertz CT molecular complexity index is 691. The van der Waals surface area contributed by atoms with Crippen molar-refractivity contribution in [1.29, 1.82) is 0 Å². The van der Waals surface area contributed by atoms with Crippen LogP contribution in [0.15, 0.2) is 23.2 Å². The van der Waals surface area contributed by atoms with Gasteiger partial charge in [-0.05, 0) is 38.3 Å². The molecule has 3 rings (SSSR count). The Morgan fingerprint density at radius 2 is 1.72 bits per heavy atom. The number of guanidine groups is 1. The molecule has 8 nitrogen and oxygen atoms in total. The third-order valence-electron chi connectivity index (χ3n) is 6.33. The summed E-state index contributed by atoms with van der Waals surface area (Å²) in [6.07, 6.45) is 3.52. The van der Waals surface area contributed by atoms with Crippen molar-refractivity contribution in [2.45, 2.75) is 25.3 Å². The molecule has 1 atom stereocenters. The van der Waals surface area contributed by atoms with Gasteiger partial charge < -0.3 is 34.6 Å². The Balaban J connectivity index is 0.00000363. The topological polar surface area (TPSA) is 70.6 Å². The molecule has 0 bridgehead atoms. The maximum absolute atomic E-state index is 5.42. The Morgan fingerprint density at radius 1 is 1.03 bits per heavy atom. The van der Waals surface area contributed by atoms with Crippen molar-refractivity contribution in [3.63, 3.8) is 0 Å². The number of ether oxygens (including phenoxy) is 3. The van der Waals surface area contributed by atoms with Crippen LogP contribution in [0.3, 0.4) is 0 Å². The number of piperidine rings is 1. The maximum Gasteiger partial charge on any atom is 0.191 e. The second kappa shape index (κ2) is 13.9. The van der Waals surface area contributed by atoms with Crippen LogP contribution in [-0.4, -0.2) is 91.2 Å². The number of hydrogen-bond acceptors (Lipinski definition) is 6. The van der Waals surface area contributed by atoms with Crippen LogP contribution in [0.1, 0.15) is 19.3 Å². The first kappa shape index (κ1) is 26.8. The van der Waals surface area contributed by atoms with Gasteiger partial charge in [-0.15, -0.1) is 24.0 Å². The summed E-state index contributed by atoms with van der Waals surface area (Å²) in [4.78, 5) is 9.31. The molecule has 182 valence electrons. The van der Waals surface area contributed by atoms with E-state index in [1.165, 1.54) is 12.8 Å². The van der Waals surface area contributed by atoms with Crippen molar-refractivity contribution >= 4 is 35.6 Å². The highest BCUT2D eigenvalue weighted by atomic mass is 127. The predicted octanol–water partition coefficient (Wildman–Crippen LogP) is 2.42. The summed E-state index contributed by atoms with van der Waals surface area (Å²) in [5, 5.41) is 7.16. The number of hydrogen-bond donors (Lipinski definition) is 2. The summed E-state index contributed by atoms with van der Waals surface area (Å²) >= 11 is 0. The van der Waals surface area contributed by atoms with Crippen LogP contribution in [0.25, 0.3) is 0 Å². The number of anilines is 1. The molecule has 2 saturated heterocycles. The van der Waals surface area contributed by atoms with Crippen LogP contribution < -0.4 is 25.0 Å². The van der Waals surface area contributed by atoms with Crippen LogP contribution in [0.5, 0.6) is 11.5 Å². The number of methoxy groups -OCH3 is 3. The molecule has 0 spiro atoms. The lowest BCUT2D eigenvalue weighted by Gasteiger charge is -2.32. The molecule has 0 amide bonds. The Morgan fingerprint density at radius 3 is 2.31 bits per heavy atom. The standard InChI is InChI=1S/C23H39N5O3.HI/c1-24-23(25-16-18-5-8-27(9-6-18)11-12-29-2)26-19-7-10-28(17-19)20-13-21(30-3)15-22(14-20)31-4;/h13-15,18-19H,5-12,16-17H2,1-4H3,(H2,24,25,26);1H. The zero-order chi connectivity index (χ0) is 22.1. The van der Waals surface area contributed by atoms with Crippen molar-refractivity contribution in [2.75, 3.05) is 79.2 Å². The summed E-state index contributed by atoms with van der Waals surface area (Å²) < 4.78 is 16.0. The van der Waals surface area contributed by atoms with E-state index in [1.807, 2.05) is 13.1 Å².